The van der Waals surface area contributed by atoms with Crippen LogP contribution < -0.4 is 5.43 Å². The maximum absolute atomic E-state index is 11.4. The van der Waals surface area contributed by atoms with E-state index in [9.17, 15) is 4.79 Å². The predicted molar refractivity (Wildman–Crippen MR) is 60.1 cm³/mol. The molecule has 0 aliphatic carbocycles. The molecule has 0 spiro atoms. The molecule has 0 saturated heterocycles. The Morgan fingerprint density at radius 1 is 1.38 bits per heavy atom. The minimum Gasteiger partial charge on any atom is -0.357 e. The van der Waals surface area contributed by atoms with Gasteiger partial charge in [0.25, 0.3) is 5.91 Å². The topological polar surface area (TPSA) is 70.1 Å². The zero-order chi connectivity index (χ0) is 11.2. The summed E-state index contributed by atoms with van der Waals surface area (Å²) in [5, 5.41) is 3.83. The van der Waals surface area contributed by atoms with Gasteiger partial charge in [-0.05, 0) is 29.8 Å². The van der Waals surface area contributed by atoms with E-state index in [1.807, 2.05) is 0 Å². The summed E-state index contributed by atoms with van der Waals surface area (Å²) >= 11 is 0. The zero-order valence-electron chi connectivity index (χ0n) is 8.42. The summed E-state index contributed by atoms with van der Waals surface area (Å²) in [6, 6.07) is 7.02. The average Bonchev–Trinajstić information content (AvgIpc) is 2.84. The number of hydrogen-bond acceptors (Lipinski definition) is 3. The van der Waals surface area contributed by atoms with Gasteiger partial charge in [-0.15, -0.1) is 0 Å². The van der Waals surface area contributed by atoms with Crippen LogP contribution >= 0.6 is 0 Å². The number of amides is 1. The average molecular weight is 214 g/mol. The highest BCUT2D eigenvalue weighted by Gasteiger charge is 2.02. The molecule has 0 bridgehead atoms. The van der Waals surface area contributed by atoms with Crippen LogP contribution in [0.3, 0.4) is 0 Å². The van der Waals surface area contributed by atoms with Crippen LogP contribution in [0.5, 0.6) is 0 Å². The van der Waals surface area contributed by atoms with Gasteiger partial charge in [-0.25, -0.2) is 5.43 Å². The number of hydrogen-bond donors (Lipinski definition) is 2. The highest BCUT2D eigenvalue weighted by atomic mass is 16.2. The van der Waals surface area contributed by atoms with Crippen molar-refractivity contribution >= 4 is 12.1 Å². The van der Waals surface area contributed by atoms with Crippen molar-refractivity contribution in [1.82, 2.24) is 15.4 Å². The lowest BCUT2D eigenvalue weighted by Crippen LogP contribution is -2.17. The van der Waals surface area contributed by atoms with Gasteiger partial charge in [-0.1, -0.05) is 0 Å². The summed E-state index contributed by atoms with van der Waals surface area (Å²) in [6.07, 6.45) is 6.56. The number of carbonyl (C=O) groups excluding carboxylic acids is 1. The number of hydrazone groups is 1. The number of aromatic nitrogens is 2. The second-order valence-electron chi connectivity index (χ2n) is 3.06. The van der Waals surface area contributed by atoms with E-state index in [1.165, 1.54) is 0 Å². The molecule has 80 valence electrons. The lowest BCUT2D eigenvalue weighted by molar-refractivity contribution is 0.0951. The summed E-state index contributed by atoms with van der Waals surface area (Å²) < 4.78 is 0. The summed E-state index contributed by atoms with van der Waals surface area (Å²) in [7, 11) is 0. The van der Waals surface area contributed by atoms with Crippen LogP contribution in [-0.2, 0) is 0 Å². The van der Waals surface area contributed by atoms with Crippen molar-refractivity contribution in [3.63, 3.8) is 0 Å². The first kappa shape index (κ1) is 10.1. The molecule has 16 heavy (non-hydrogen) atoms. The van der Waals surface area contributed by atoms with Crippen LogP contribution in [0.15, 0.2) is 48.0 Å². The third kappa shape index (κ3) is 2.54. The number of nitrogens with one attached hydrogen (secondary N) is 2. The molecule has 0 saturated carbocycles. The number of H-pyrrole nitrogens is 1. The summed E-state index contributed by atoms with van der Waals surface area (Å²) in [5.74, 6) is -0.268. The molecule has 2 heterocycles. The molecule has 2 aromatic heterocycles. The Labute approximate surface area is 92.2 Å². The molecule has 0 aromatic carbocycles. The summed E-state index contributed by atoms with van der Waals surface area (Å²) in [4.78, 5) is 18.1. The number of pyridine rings is 1. The van der Waals surface area contributed by atoms with Gasteiger partial charge in [0.15, 0.2) is 0 Å². The Kier molecular flexibility index (Phi) is 3.08. The van der Waals surface area contributed by atoms with E-state index < -0.39 is 0 Å². The SMILES string of the molecule is O=C(N/N=C\c1ccncc1)c1ccc[nH]1. The van der Waals surface area contributed by atoms with Gasteiger partial charge in [0, 0.05) is 18.6 Å². The first-order valence-corrected chi connectivity index (χ1v) is 4.73. The standard InChI is InChI=1S/C11H10N4O/c16-11(10-2-1-5-13-10)15-14-8-9-3-6-12-7-4-9/h1-8,13H,(H,15,16)/b14-8-. The minimum absolute atomic E-state index is 0.268. The highest BCUT2D eigenvalue weighted by Crippen LogP contribution is 1.94. The van der Waals surface area contributed by atoms with Crippen LogP contribution in [0.1, 0.15) is 16.1 Å². The Morgan fingerprint density at radius 2 is 2.19 bits per heavy atom. The zero-order valence-corrected chi connectivity index (χ0v) is 8.42. The van der Waals surface area contributed by atoms with E-state index in [1.54, 1.807) is 49.1 Å². The van der Waals surface area contributed by atoms with Crippen LogP contribution in [0.2, 0.25) is 0 Å². The summed E-state index contributed by atoms with van der Waals surface area (Å²) in [6.45, 7) is 0. The molecule has 0 unspecified atom stereocenters. The predicted octanol–water partition coefficient (Wildman–Crippen LogP) is 1.17. The second-order valence-corrected chi connectivity index (χ2v) is 3.06. The molecule has 5 heteroatoms. The van der Waals surface area contributed by atoms with Crippen molar-refractivity contribution in [3.8, 4) is 0 Å². The minimum atomic E-state index is -0.268. The molecule has 2 N–H and O–H groups in total. The number of aromatic amines is 1. The lowest BCUT2D eigenvalue weighted by atomic mass is 10.3. The van der Waals surface area contributed by atoms with Crippen molar-refractivity contribution in [2.75, 3.05) is 0 Å². The van der Waals surface area contributed by atoms with Crippen LogP contribution in [0, 0.1) is 0 Å². The molecule has 2 rings (SSSR count). The number of carbonyl (C=O) groups is 1. The molecule has 0 atom stereocenters. The molecular weight excluding hydrogens is 204 g/mol. The fourth-order valence-corrected chi connectivity index (χ4v) is 1.15. The molecule has 5 nitrogen and oxygen atoms in total. The molecule has 1 amide bonds. The molecule has 0 radical (unpaired) electrons. The smallest absolute Gasteiger partial charge is 0.287 e. The van der Waals surface area contributed by atoms with Crippen molar-refractivity contribution in [1.29, 1.82) is 0 Å². The Bertz CT molecular complexity index is 476. The van der Waals surface area contributed by atoms with Gasteiger partial charge in [0.1, 0.15) is 5.69 Å². The van der Waals surface area contributed by atoms with E-state index in [2.05, 4.69) is 20.5 Å². The van der Waals surface area contributed by atoms with Gasteiger partial charge >= 0.3 is 0 Å². The van der Waals surface area contributed by atoms with E-state index >= 15 is 0 Å². The number of rotatable bonds is 3. The van der Waals surface area contributed by atoms with Crippen LogP contribution in [0.4, 0.5) is 0 Å². The molecule has 2 aromatic rings. The largest absolute Gasteiger partial charge is 0.357 e. The second kappa shape index (κ2) is 4.88. The Morgan fingerprint density at radius 3 is 2.88 bits per heavy atom. The third-order valence-corrected chi connectivity index (χ3v) is 1.93. The van der Waals surface area contributed by atoms with Crippen molar-refractivity contribution in [2.45, 2.75) is 0 Å². The van der Waals surface area contributed by atoms with Crippen LogP contribution in [0.25, 0.3) is 0 Å². The van der Waals surface area contributed by atoms with Crippen molar-refractivity contribution in [2.24, 2.45) is 5.10 Å². The van der Waals surface area contributed by atoms with Gasteiger partial charge in [0.05, 0.1) is 6.21 Å². The summed E-state index contributed by atoms with van der Waals surface area (Å²) in [5.41, 5.74) is 3.77. The van der Waals surface area contributed by atoms with E-state index in [0.29, 0.717) is 5.69 Å². The molecular formula is C11H10N4O. The van der Waals surface area contributed by atoms with E-state index in [0.717, 1.165) is 5.56 Å². The van der Waals surface area contributed by atoms with Gasteiger partial charge in [-0.2, -0.15) is 5.10 Å². The quantitative estimate of drug-likeness (QED) is 0.594. The first-order valence-electron chi connectivity index (χ1n) is 4.73. The monoisotopic (exact) mass is 214 g/mol. The van der Waals surface area contributed by atoms with Crippen molar-refractivity contribution in [3.05, 3.63) is 54.1 Å². The Hall–Kier alpha value is -2.43. The molecule has 0 aliphatic rings. The molecule has 0 aliphatic heterocycles. The first-order chi connectivity index (χ1) is 7.86. The fourth-order valence-electron chi connectivity index (χ4n) is 1.15. The van der Waals surface area contributed by atoms with Crippen molar-refractivity contribution < 1.29 is 4.79 Å². The van der Waals surface area contributed by atoms with Gasteiger partial charge < -0.3 is 4.98 Å². The normalized spacial score (nSPS) is 10.5. The highest BCUT2D eigenvalue weighted by molar-refractivity contribution is 5.93. The van der Waals surface area contributed by atoms with Gasteiger partial charge in [-0.3, -0.25) is 9.78 Å². The fraction of sp³-hybridized carbons (Fsp3) is 0. The van der Waals surface area contributed by atoms with Gasteiger partial charge in [0.2, 0.25) is 0 Å². The van der Waals surface area contributed by atoms with E-state index in [4.69, 9.17) is 0 Å². The van der Waals surface area contributed by atoms with Crippen LogP contribution in [-0.4, -0.2) is 22.1 Å². The maximum Gasteiger partial charge on any atom is 0.287 e. The third-order valence-electron chi connectivity index (χ3n) is 1.93. The number of nitrogens with zero attached hydrogens (tertiary/aromatic N) is 2. The Balaban J connectivity index is 1.93. The molecule has 0 fully saturated rings. The maximum atomic E-state index is 11.4. The van der Waals surface area contributed by atoms with E-state index in [-0.39, 0.29) is 5.91 Å². The lowest BCUT2D eigenvalue weighted by Gasteiger charge is -1.95.